The Bertz CT molecular complexity index is 908. The lowest BCUT2D eigenvalue weighted by molar-refractivity contribution is 0.0366. The van der Waals surface area contributed by atoms with E-state index in [9.17, 15) is 27.1 Å². The normalized spacial score (nSPS) is 17.5. The van der Waals surface area contributed by atoms with Crippen LogP contribution in [0.3, 0.4) is 0 Å². The van der Waals surface area contributed by atoms with Crippen molar-refractivity contribution in [2.45, 2.75) is 82.1 Å². The van der Waals surface area contributed by atoms with Crippen molar-refractivity contribution in [2.75, 3.05) is 11.9 Å². The van der Waals surface area contributed by atoms with Gasteiger partial charge in [0.15, 0.2) is 0 Å². The van der Waals surface area contributed by atoms with Crippen LogP contribution in [-0.2, 0) is 14.8 Å². The molecule has 9 nitrogen and oxygen atoms in total. The van der Waals surface area contributed by atoms with E-state index >= 15 is 0 Å². The van der Waals surface area contributed by atoms with Crippen molar-refractivity contribution >= 4 is 33.5 Å². The van der Waals surface area contributed by atoms with Crippen molar-refractivity contribution in [1.82, 2.24) is 15.0 Å². The summed E-state index contributed by atoms with van der Waals surface area (Å²) in [5.41, 5.74) is -0.714. The molecule has 0 bridgehead atoms. The molecule has 188 valence electrons. The fraction of sp³-hybridized carbons (Fsp3) is 0.700. The first-order valence-corrected chi connectivity index (χ1v) is 12.5. The smallest absolute Gasteiger partial charge is 0.408 e. The number of sulfonamides is 1. The van der Waals surface area contributed by atoms with Crippen LogP contribution in [-0.4, -0.2) is 55.4 Å². The first-order chi connectivity index (χ1) is 15.3. The third kappa shape index (κ3) is 8.84. The van der Waals surface area contributed by atoms with Crippen LogP contribution in [0.2, 0.25) is 5.02 Å². The van der Waals surface area contributed by atoms with Gasteiger partial charge in [-0.25, -0.2) is 31.7 Å². The molecule has 1 aliphatic rings. The summed E-state index contributed by atoms with van der Waals surface area (Å²) in [5, 5.41) is 16.0. The average Bonchev–Trinajstić information content (AvgIpc) is 2.69. The van der Waals surface area contributed by atoms with Gasteiger partial charge in [0.2, 0.25) is 10.0 Å². The molecule has 0 aliphatic heterocycles. The number of carbonyl (C=O) groups is 1. The third-order valence-corrected chi connectivity index (χ3v) is 6.89. The van der Waals surface area contributed by atoms with Gasteiger partial charge in [0.05, 0.1) is 23.8 Å². The monoisotopic (exact) mass is 512 g/mol. The lowest BCUT2D eigenvalue weighted by Crippen LogP contribution is -2.52. The molecule has 1 aromatic heterocycles. The summed E-state index contributed by atoms with van der Waals surface area (Å²) in [7, 11) is -4.29. The number of carbonyl (C=O) groups excluding carboxylic acids is 1. The molecule has 2 rings (SSSR count). The number of alkyl carbamates (subject to hydrolysis) is 1. The Hall–Kier alpha value is -1.76. The highest BCUT2D eigenvalue weighted by atomic mass is 35.5. The van der Waals surface area contributed by atoms with E-state index in [1.807, 2.05) is 0 Å². The Morgan fingerprint density at radius 2 is 1.94 bits per heavy atom. The number of pyridine rings is 1. The highest BCUT2D eigenvalue weighted by Crippen LogP contribution is 2.29. The Morgan fingerprint density at radius 3 is 2.48 bits per heavy atom. The molecule has 1 heterocycles. The minimum atomic E-state index is -4.29. The molecule has 0 saturated heterocycles. The van der Waals surface area contributed by atoms with E-state index in [0.29, 0.717) is 0 Å². The van der Waals surface area contributed by atoms with E-state index in [2.05, 4.69) is 15.6 Å². The van der Waals surface area contributed by atoms with Crippen LogP contribution in [0.15, 0.2) is 17.2 Å². The summed E-state index contributed by atoms with van der Waals surface area (Å²) in [6, 6.07) is 0.462. The second kappa shape index (κ2) is 11.6. The molecule has 1 aliphatic carbocycles. The molecule has 0 unspecified atom stereocenters. The summed E-state index contributed by atoms with van der Waals surface area (Å²) >= 11 is 6.04. The van der Waals surface area contributed by atoms with Gasteiger partial charge in [0, 0.05) is 6.07 Å². The number of amides is 1. The molecule has 1 saturated carbocycles. The first-order valence-electron chi connectivity index (χ1n) is 10.7. The van der Waals surface area contributed by atoms with Crippen molar-refractivity contribution < 1.29 is 31.8 Å². The largest absolute Gasteiger partial charge is 0.444 e. The van der Waals surface area contributed by atoms with E-state index in [0.717, 1.165) is 44.4 Å². The van der Waals surface area contributed by atoms with Crippen LogP contribution < -0.4 is 15.4 Å². The Balaban J connectivity index is 2.16. The number of aromatic nitrogens is 1. The quantitative estimate of drug-likeness (QED) is 0.373. The van der Waals surface area contributed by atoms with E-state index in [1.165, 1.54) is 0 Å². The molecule has 0 radical (unpaired) electrons. The van der Waals surface area contributed by atoms with Gasteiger partial charge < -0.3 is 20.5 Å². The van der Waals surface area contributed by atoms with Gasteiger partial charge in [-0.1, -0.05) is 30.9 Å². The SMILES string of the molecule is CC(C)(C)OC(=O)N[C@@H](C1CCCCC1)[C@H](O)Nc1cc(Cl)c(S(=O)(=O)NCC(F)F)cn1. The van der Waals surface area contributed by atoms with E-state index < -0.39 is 51.9 Å². The average molecular weight is 513 g/mol. The Kier molecular flexibility index (Phi) is 9.65. The van der Waals surface area contributed by atoms with Gasteiger partial charge >= 0.3 is 6.09 Å². The Labute approximate surface area is 197 Å². The number of aliphatic hydroxyl groups excluding tert-OH is 1. The molecule has 2 atom stereocenters. The van der Waals surface area contributed by atoms with Gasteiger partial charge in [-0.3, -0.25) is 0 Å². The third-order valence-electron chi connectivity index (χ3n) is 5.01. The fourth-order valence-corrected chi connectivity index (χ4v) is 5.04. The molecule has 33 heavy (non-hydrogen) atoms. The number of nitrogens with zero attached hydrogens (tertiary/aromatic N) is 1. The molecular formula is C20H31ClF2N4O5S. The van der Waals surface area contributed by atoms with Crippen molar-refractivity contribution in [3.63, 3.8) is 0 Å². The molecule has 1 amide bonds. The number of hydrogen-bond donors (Lipinski definition) is 4. The zero-order valence-corrected chi connectivity index (χ0v) is 20.3. The summed E-state index contributed by atoms with van der Waals surface area (Å²) in [6.45, 7) is 4.13. The topological polar surface area (TPSA) is 130 Å². The van der Waals surface area contributed by atoms with Gasteiger partial charge in [0.25, 0.3) is 6.43 Å². The van der Waals surface area contributed by atoms with Crippen LogP contribution in [0.5, 0.6) is 0 Å². The standard InChI is InChI=1S/C20H31ClF2N4O5S/c1-20(2,3)32-19(29)27-17(12-7-5-4-6-8-12)18(28)26-16-9-13(21)14(10-24-16)33(30,31)25-11-15(22)23/h9-10,12,15,17-18,25,28H,4-8,11H2,1-3H3,(H,24,26)(H,27,29)/t17-,18-/m0/s1. The highest BCUT2D eigenvalue weighted by Gasteiger charge is 2.33. The molecule has 0 aromatic carbocycles. The molecule has 1 fully saturated rings. The lowest BCUT2D eigenvalue weighted by Gasteiger charge is -2.35. The second-order valence-electron chi connectivity index (χ2n) is 8.90. The fourth-order valence-electron chi connectivity index (χ4n) is 3.58. The molecule has 0 spiro atoms. The van der Waals surface area contributed by atoms with Crippen LogP contribution in [0.4, 0.5) is 19.4 Å². The lowest BCUT2D eigenvalue weighted by atomic mass is 9.83. The minimum Gasteiger partial charge on any atom is -0.444 e. The van der Waals surface area contributed by atoms with Crippen LogP contribution in [0, 0.1) is 5.92 Å². The minimum absolute atomic E-state index is 0.0116. The predicted octanol–water partition coefficient (Wildman–Crippen LogP) is 3.48. The van der Waals surface area contributed by atoms with Crippen molar-refractivity contribution in [3.8, 4) is 0 Å². The predicted molar refractivity (Wildman–Crippen MR) is 120 cm³/mol. The summed E-state index contributed by atoms with van der Waals surface area (Å²) in [5.74, 6) is 0.0366. The maximum absolute atomic E-state index is 12.4. The zero-order chi connectivity index (χ0) is 24.8. The van der Waals surface area contributed by atoms with E-state index in [-0.39, 0.29) is 16.8 Å². The maximum atomic E-state index is 12.4. The van der Waals surface area contributed by atoms with Crippen molar-refractivity contribution in [3.05, 3.63) is 17.3 Å². The maximum Gasteiger partial charge on any atom is 0.408 e. The van der Waals surface area contributed by atoms with Crippen molar-refractivity contribution in [1.29, 1.82) is 0 Å². The molecule has 4 N–H and O–H groups in total. The number of aliphatic hydroxyl groups is 1. The van der Waals surface area contributed by atoms with Gasteiger partial charge in [-0.05, 0) is 39.5 Å². The molecule has 13 heteroatoms. The Morgan fingerprint density at radius 1 is 1.30 bits per heavy atom. The number of alkyl halides is 2. The van der Waals surface area contributed by atoms with Crippen LogP contribution in [0.25, 0.3) is 0 Å². The van der Waals surface area contributed by atoms with E-state index in [4.69, 9.17) is 16.3 Å². The second-order valence-corrected chi connectivity index (χ2v) is 11.0. The first kappa shape index (κ1) is 27.5. The van der Waals surface area contributed by atoms with Gasteiger partial charge in [-0.2, -0.15) is 0 Å². The van der Waals surface area contributed by atoms with E-state index in [1.54, 1.807) is 25.5 Å². The highest BCUT2D eigenvalue weighted by molar-refractivity contribution is 7.89. The van der Waals surface area contributed by atoms with Crippen LogP contribution >= 0.6 is 11.6 Å². The number of rotatable bonds is 9. The summed E-state index contributed by atoms with van der Waals surface area (Å²) < 4.78 is 56.0. The molecular weight excluding hydrogens is 482 g/mol. The van der Waals surface area contributed by atoms with Crippen molar-refractivity contribution in [2.24, 2.45) is 5.92 Å². The summed E-state index contributed by atoms with van der Waals surface area (Å²) in [4.78, 5) is 15.8. The molecule has 1 aromatic rings. The van der Waals surface area contributed by atoms with Gasteiger partial charge in [-0.15, -0.1) is 0 Å². The number of hydrogen-bond acceptors (Lipinski definition) is 7. The number of ether oxygens (including phenoxy) is 1. The number of anilines is 1. The number of nitrogens with one attached hydrogen (secondary N) is 3. The van der Waals surface area contributed by atoms with Crippen LogP contribution in [0.1, 0.15) is 52.9 Å². The van der Waals surface area contributed by atoms with Gasteiger partial charge in [0.1, 0.15) is 22.5 Å². The zero-order valence-electron chi connectivity index (χ0n) is 18.8. The number of halogens is 3. The summed E-state index contributed by atoms with van der Waals surface area (Å²) in [6.07, 6.45) is 0.712.